The minimum atomic E-state index is -0.387. The SMILES string of the molecule is C[C@H](N)C(=O)NCCC1CCN(C)CC1.Cl.Cl. The average Bonchev–Trinajstić information content (AvgIpc) is 2.20. The van der Waals surface area contributed by atoms with Crippen molar-refractivity contribution in [1.29, 1.82) is 0 Å². The molecule has 104 valence electrons. The molecule has 6 heteroatoms. The van der Waals surface area contributed by atoms with Crippen molar-refractivity contribution in [2.45, 2.75) is 32.2 Å². The first-order valence-electron chi connectivity index (χ1n) is 5.81. The molecule has 1 rings (SSSR count). The Morgan fingerprint density at radius 1 is 1.41 bits per heavy atom. The molecular formula is C11H25Cl2N3O. The minimum absolute atomic E-state index is 0. The van der Waals surface area contributed by atoms with Crippen LogP contribution in [0.15, 0.2) is 0 Å². The lowest BCUT2D eigenvalue weighted by molar-refractivity contribution is -0.122. The van der Waals surface area contributed by atoms with E-state index >= 15 is 0 Å². The number of carbonyl (C=O) groups is 1. The lowest BCUT2D eigenvalue weighted by atomic mass is 9.94. The van der Waals surface area contributed by atoms with Gasteiger partial charge in [0.1, 0.15) is 0 Å². The van der Waals surface area contributed by atoms with E-state index in [0.717, 1.165) is 18.9 Å². The smallest absolute Gasteiger partial charge is 0.236 e. The lowest BCUT2D eigenvalue weighted by Gasteiger charge is -2.28. The van der Waals surface area contributed by atoms with Crippen LogP contribution >= 0.6 is 24.8 Å². The summed E-state index contributed by atoms with van der Waals surface area (Å²) < 4.78 is 0. The molecule has 0 bridgehead atoms. The van der Waals surface area contributed by atoms with Gasteiger partial charge in [-0.2, -0.15) is 0 Å². The first-order chi connectivity index (χ1) is 7.09. The topological polar surface area (TPSA) is 58.4 Å². The predicted molar refractivity (Wildman–Crippen MR) is 76.0 cm³/mol. The van der Waals surface area contributed by atoms with Crippen molar-refractivity contribution in [3.8, 4) is 0 Å². The number of nitrogens with two attached hydrogens (primary N) is 1. The van der Waals surface area contributed by atoms with Gasteiger partial charge in [0.2, 0.25) is 5.91 Å². The summed E-state index contributed by atoms with van der Waals surface area (Å²) in [5, 5.41) is 2.86. The molecule has 1 fully saturated rings. The fourth-order valence-electron chi connectivity index (χ4n) is 1.91. The zero-order chi connectivity index (χ0) is 11.3. The van der Waals surface area contributed by atoms with Gasteiger partial charge in [0.05, 0.1) is 6.04 Å². The van der Waals surface area contributed by atoms with Gasteiger partial charge in [0.15, 0.2) is 0 Å². The summed E-state index contributed by atoms with van der Waals surface area (Å²) in [4.78, 5) is 13.6. The molecule has 0 aromatic carbocycles. The number of carbonyl (C=O) groups excluding carboxylic acids is 1. The van der Waals surface area contributed by atoms with Crippen molar-refractivity contribution in [1.82, 2.24) is 10.2 Å². The molecule has 4 nitrogen and oxygen atoms in total. The molecule has 1 heterocycles. The van der Waals surface area contributed by atoms with Crippen molar-refractivity contribution < 1.29 is 4.79 Å². The first kappa shape index (κ1) is 19.3. The maximum absolute atomic E-state index is 11.2. The zero-order valence-electron chi connectivity index (χ0n) is 10.6. The van der Waals surface area contributed by atoms with E-state index in [1.807, 2.05) is 0 Å². The summed E-state index contributed by atoms with van der Waals surface area (Å²) in [6.45, 7) is 4.86. The number of rotatable bonds is 4. The maximum atomic E-state index is 11.2. The Balaban J connectivity index is 0. The third-order valence-corrected chi connectivity index (χ3v) is 3.10. The summed E-state index contributed by atoms with van der Waals surface area (Å²) in [6.07, 6.45) is 3.60. The first-order valence-corrected chi connectivity index (χ1v) is 5.81. The highest BCUT2D eigenvalue weighted by atomic mass is 35.5. The molecule has 17 heavy (non-hydrogen) atoms. The quantitative estimate of drug-likeness (QED) is 0.811. The van der Waals surface area contributed by atoms with E-state index in [4.69, 9.17) is 5.73 Å². The van der Waals surface area contributed by atoms with Crippen LogP contribution in [-0.4, -0.2) is 43.5 Å². The average molecular weight is 286 g/mol. The monoisotopic (exact) mass is 285 g/mol. The zero-order valence-corrected chi connectivity index (χ0v) is 12.3. The molecule has 1 aliphatic heterocycles. The van der Waals surface area contributed by atoms with Crippen LogP contribution in [0.25, 0.3) is 0 Å². The molecule has 0 aromatic rings. The number of halogens is 2. The molecule has 0 spiro atoms. The van der Waals surface area contributed by atoms with Crippen molar-refractivity contribution in [3.05, 3.63) is 0 Å². The van der Waals surface area contributed by atoms with Gasteiger partial charge in [-0.15, -0.1) is 24.8 Å². The van der Waals surface area contributed by atoms with Gasteiger partial charge in [0, 0.05) is 6.54 Å². The largest absolute Gasteiger partial charge is 0.355 e. The second kappa shape index (κ2) is 9.95. The third kappa shape index (κ3) is 7.82. The van der Waals surface area contributed by atoms with Crippen LogP contribution in [0.5, 0.6) is 0 Å². The van der Waals surface area contributed by atoms with Crippen LogP contribution in [0, 0.1) is 5.92 Å². The molecule has 0 aromatic heterocycles. The Bertz CT molecular complexity index is 207. The van der Waals surface area contributed by atoms with Gasteiger partial charge >= 0.3 is 0 Å². The van der Waals surface area contributed by atoms with Crippen LogP contribution in [0.1, 0.15) is 26.2 Å². The van der Waals surface area contributed by atoms with Crippen LogP contribution in [0.4, 0.5) is 0 Å². The summed E-state index contributed by atoms with van der Waals surface area (Å²) in [7, 11) is 2.16. The van der Waals surface area contributed by atoms with E-state index in [0.29, 0.717) is 0 Å². The number of hydrogen-bond donors (Lipinski definition) is 2. The molecule has 1 saturated heterocycles. The van der Waals surface area contributed by atoms with E-state index in [2.05, 4.69) is 17.3 Å². The highest BCUT2D eigenvalue weighted by molar-refractivity contribution is 5.85. The molecule has 1 aliphatic rings. The molecule has 1 atom stereocenters. The Hall–Kier alpha value is -0.0300. The summed E-state index contributed by atoms with van der Waals surface area (Å²) in [5.41, 5.74) is 5.45. The Labute approximate surface area is 117 Å². The van der Waals surface area contributed by atoms with E-state index in [1.165, 1.54) is 25.9 Å². The third-order valence-electron chi connectivity index (χ3n) is 3.10. The lowest BCUT2D eigenvalue weighted by Crippen LogP contribution is -2.39. The van der Waals surface area contributed by atoms with E-state index in [-0.39, 0.29) is 36.8 Å². The molecule has 0 saturated carbocycles. The van der Waals surface area contributed by atoms with Crippen LogP contribution < -0.4 is 11.1 Å². The van der Waals surface area contributed by atoms with E-state index in [9.17, 15) is 4.79 Å². The van der Waals surface area contributed by atoms with Gasteiger partial charge in [-0.3, -0.25) is 4.79 Å². The van der Waals surface area contributed by atoms with Crippen LogP contribution in [-0.2, 0) is 4.79 Å². The Morgan fingerprint density at radius 3 is 2.41 bits per heavy atom. The number of likely N-dealkylation sites (tertiary alicyclic amines) is 1. The van der Waals surface area contributed by atoms with Gasteiger partial charge in [-0.1, -0.05) is 0 Å². The normalized spacial score (nSPS) is 18.8. The molecule has 0 unspecified atom stereocenters. The predicted octanol–water partition coefficient (Wildman–Crippen LogP) is 1.03. The highest BCUT2D eigenvalue weighted by Crippen LogP contribution is 2.18. The number of nitrogens with one attached hydrogen (secondary N) is 1. The Kier molecular flexibility index (Phi) is 11.3. The molecule has 3 N–H and O–H groups in total. The molecule has 0 radical (unpaired) electrons. The molecular weight excluding hydrogens is 261 g/mol. The van der Waals surface area contributed by atoms with Crippen molar-refractivity contribution in [2.24, 2.45) is 11.7 Å². The fourth-order valence-corrected chi connectivity index (χ4v) is 1.91. The minimum Gasteiger partial charge on any atom is -0.355 e. The summed E-state index contributed by atoms with van der Waals surface area (Å²) in [5.74, 6) is 0.734. The van der Waals surface area contributed by atoms with Crippen LogP contribution in [0.3, 0.4) is 0 Å². The fraction of sp³-hybridized carbons (Fsp3) is 0.909. The standard InChI is InChI=1S/C11H23N3O.2ClH/c1-9(12)11(15)13-6-3-10-4-7-14(2)8-5-10;;/h9-10H,3-8,12H2,1-2H3,(H,13,15);2*1H/t9-;;/m0../s1. The summed E-state index contributed by atoms with van der Waals surface area (Å²) >= 11 is 0. The Morgan fingerprint density at radius 2 is 1.94 bits per heavy atom. The second-order valence-corrected chi connectivity index (χ2v) is 4.62. The highest BCUT2D eigenvalue weighted by Gasteiger charge is 2.16. The summed E-state index contributed by atoms with van der Waals surface area (Å²) in [6, 6.07) is -0.387. The number of amides is 1. The molecule has 1 amide bonds. The van der Waals surface area contributed by atoms with E-state index < -0.39 is 0 Å². The number of hydrogen-bond acceptors (Lipinski definition) is 3. The van der Waals surface area contributed by atoms with Gasteiger partial charge < -0.3 is 16.0 Å². The van der Waals surface area contributed by atoms with Crippen LogP contribution in [0.2, 0.25) is 0 Å². The van der Waals surface area contributed by atoms with Gasteiger partial charge in [-0.05, 0) is 52.2 Å². The number of nitrogens with zero attached hydrogens (tertiary/aromatic N) is 1. The van der Waals surface area contributed by atoms with E-state index in [1.54, 1.807) is 6.92 Å². The van der Waals surface area contributed by atoms with Gasteiger partial charge in [0.25, 0.3) is 0 Å². The van der Waals surface area contributed by atoms with Crippen molar-refractivity contribution >= 4 is 30.7 Å². The second-order valence-electron chi connectivity index (χ2n) is 4.62. The maximum Gasteiger partial charge on any atom is 0.236 e. The van der Waals surface area contributed by atoms with Crippen molar-refractivity contribution in [2.75, 3.05) is 26.7 Å². The molecule has 0 aliphatic carbocycles. The van der Waals surface area contributed by atoms with Gasteiger partial charge in [-0.25, -0.2) is 0 Å². The van der Waals surface area contributed by atoms with Crippen molar-refractivity contribution in [3.63, 3.8) is 0 Å². The number of piperidine rings is 1.